The first-order valence-electron chi connectivity index (χ1n) is 9.24. The number of amides is 2. The molecule has 11 heteroatoms. The Morgan fingerprint density at radius 1 is 1.16 bits per heavy atom. The quantitative estimate of drug-likeness (QED) is 0.361. The summed E-state index contributed by atoms with van der Waals surface area (Å²) in [5, 5.41) is 7.59. The maximum atomic E-state index is 13.0. The SMILES string of the molecule is C=C/C(NC(=O)Nc1ccc(Oc2cc(NCCOC)ncn2)cc1)=C(\C=C)C(F)(F)F. The van der Waals surface area contributed by atoms with Crippen LogP contribution in [0.4, 0.5) is 29.5 Å². The highest BCUT2D eigenvalue weighted by molar-refractivity contribution is 5.90. The molecule has 0 aliphatic rings. The lowest BCUT2D eigenvalue weighted by atomic mass is 10.2. The Morgan fingerprint density at radius 2 is 1.88 bits per heavy atom. The summed E-state index contributed by atoms with van der Waals surface area (Å²) in [6.07, 6.45) is -1.85. The van der Waals surface area contributed by atoms with Crippen molar-refractivity contribution < 1.29 is 27.4 Å². The Kier molecular flexibility index (Phi) is 8.78. The number of nitrogens with one attached hydrogen (secondary N) is 3. The number of halogens is 3. The van der Waals surface area contributed by atoms with Crippen molar-refractivity contribution in [2.45, 2.75) is 6.18 Å². The van der Waals surface area contributed by atoms with Gasteiger partial charge in [0.1, 0.15) is 17.9 Å². The van der Waals surface area contributed by atoms with E-state index in [4.69, 9.17) is 9.47 Å². The molecule has 0 radical (unpaired) electrons. The van der Waals surface area contributed by atoms with Gasteiger partial charge < -0.3 is 25.4 Å². The summed E-state index contributed by atoms with van der Waals surface area (Å²) in [5.74, 6) is 1.28. The van der Waals surface area contributed by atoms with Gasteiger partial charge >= 0.3 is 12.2 Å². The normalized spacial score (nSPS) is 11.8. The number of hydrogen-bond acceptors (Lipinski definition) is 6. The fraction of sp³-hybridized carbons (Fsp3) is 0.190. The number of rotatable bonds is 10. The molecule has 32 heavy (non-hydrogen) atoms. The first-order chi connectivity index (χ1) is 15.3. The third-order valence-electron chi connectivity index (χ3n) is 3.84. The second-order valence-electron chi connectivity index (χ2n) is 6.10. The summed E-state index contributed by atoms with van der Waals surface area (Å²) in [4.78, 5) is 20.2. The maximum Gasteiger partial charge on any atom is 0.418 e. The first-order valence-corrected chi connectivity index (χ1v) is 9.24. The molecule has 0 atom stereocenters. The van der Waals surface area contributed by atoms with E-state index in [1.165, 1.54) is 18.5 Å². The van der Waals surface area contributed by atoms with Crippen molar-refractivity contribution in [2.75, 3.05) is 30.9 Å². The van der Waals surface area contributed by atoms with Crippen molar-refractivity contribution in [1.29, 1.82) is 0 Å². The van der Waals surface area contributed by atoms with Crippen LogP contribution >= 0.6 is 0 Å². The zero-order chi connectivity index (χ0) is 23.6. The van der Waals surface area contributed by atoms with Crippen molar-refractivity contribution >= 4 is 17.5 Å². The Morgan fingerprint density at radius 3 is 2.47 bits per heavy atom. The van der Waals surface area contributed by atoms with Gasteiger partial charge in [-0.1, -0.05) is 19.2 Å². The van der Waals surface area contributed by atoms with Crippen molar-refractivity contribution in [3.05, 3.63) is 73.2 Å². The smallest absolute Gasteiger partial charge is 0.418 e. The fourth-order valence-corrected chi connectivity index (χ4v) is 2.39. The van der Waals surface area contributed by atoms with Crippen LogP contribution in [-0.2, 0) is 4.74 Å². The molecule has 0 fully saturated rings. The average Bonchev–Trinajstić information content (AvgIpc) is 2.74. The number of benzene rings is 1. The Bertz CT molecular complexity index is 975. The summed E-state index contributed by atoms with van der Waals surface area (Å²) in [6, 6.07) is 6.89. The molecule has 1 aromatic heterocycles. The molecular weight excluding hydrogens is 427 g/mol. The minimum absolute atomic E-state index is 0.295. The van der Waals surface area contributed by atoms with Gasteiger partial charge in [0, 0.05) is 25.4 Å². The van der Waals surface area contributed by atoms with E-state index < -0.39 is 23.5 Å². The van der Waals surface area contributed by atoms with Gasteiger partial charge in [0.05, 0.1) is 17.9 Å². The van der Waals surface area contributed by atoms with Crippen LogP contribution in [0.25, 0.3) is 0 Å². The first kappa shape index (κ1) is 24.4. The summed E-state index contributed by atoms with van der Waals surface area (Å²) in [6.45, 7) is 7.50. The largest absolute Gasteiger partial charge is 0.439 e. The number of methoxy groups -OCH3 is 1. The minimum Gasteiger partial charge on any atom is -0.439 e. The average molecular weight is 449 g/mol. The Hall–Kier alpha value is -3.86. The predicted octanol–water partition coefficient (Wildman–Crippen LogP) is 4.64. The third-order valence-corrected chi connectivity index (χ3v) is 3.84. The molecule has 0 aliphatic heterocycles. The number of hydrogen-bond donors (Lipinski definition) is 3. The minimum atomic E-state index is -4.68. The van der Waals surface area contributed by atoms with Crippen LogP contribution in [0.2, 0.25) is 0 Å². The van der Waals surface area contributed by atoms with Gasteiger partial charge in [-0.2, -0.15) is 13.2 Å². The maximum absolute atomic E-state index is 13.0. The van der Waals surface area contributed by atoms with E-state index in [1.54, 1.807) is 25.3 Å². The molecule has 1 heterocycles. The molecule has 0 unspecified atom stereocenters. The fourth-order valence-electron chi connectivity index (χ4n) is 2.39. The molecule has 2 amide bonds. The lowest BCUT2D eigenvalue weighted by Gasteiger charge is -2.14. The second kappa shape index (κ2) is 11.5. The Balaban J connectivity index is 2.00. The molecule has 0 saturated carbocycles. The number of aromatic nitrogens is 2. The topological polar surface area (TPSA) is 97.4 Å². The summed E-state index contributed by atoms with van der Waals surface area (Å²) in [5.41, 5.74) is -1.29. The number of alkyl halides is 3. The second-order valence-corrected chi connectivity index (χ2v) is 6.10. The van der Waals surface area contributed by atoms with E-state index in [9.17, 15) is 18.0 Å². The van der Waals surface area contributed by atoms with Crippen molar-refractivity contribution in [1.82, 2.24) is 15.3 Å². The molecule has 2 aromatic rings. The molecule has 0 bridgehead atoms. The van der Waals surface area contributed by atoms with Crippen LogP contribution in [0.15, 0.2) is 73.2 Å². The third kappa shape index (κ3) is 7.43. The number of carbonyl (C=O) groups is 1. The van der Waals surface area contributed by atoms with Gasteiger partial charge in [0.25, 0.3) is 0 Å². The van der Waals surface area contributed by atoms with E-state index in [2.05, 4.69) is 39.1 Å². The number of carbonyl (C=O) groups excluding carboxylic acids is 1. The van der Waals surface area contributed by atoms with Gasteiger partial charge in [-0.15, -0.1) is 0 Å². The number of anilines is 2. The monoisotopic (exact) mass is 449 g/mol. The van der Waals surface area contributed by atoms with Crippen LogP contribution in [0.5, 0.6) is 11.6 Å². The zero-order valence-corrected chi connectivity index (χ0v) is 17.2. The summed E-state index contributed by atoms with van der Waals surface area (Å²) in [7, 11) is 1.59. The van der Waals surface area contributed by atoms with Crippen molar-refractivity contribution in [3.8, 4) is 11.6 Å². The van der Waals surface area contributed by atoms with Gasteiger partial charge in [0.15, 0.2) is 0 Å². The molecule has 0 saturated heterocycles. The number of allylic oxidation sites excluding steroid dienone is 3. The summed E-state index contributed by atoms with van der Waals surface area (Å²) < 4.78 is 49.5. The van der Waals surface area contributed by atoms with E-state index in [1.807, 2.05) is 0 Å². The zero-order valence-electron chi connectivity index (χ0n) is 17.2. The standard InChI is InChI=1S/C21H22F3N5O3/c1-4-16(21(22,23)24)17(5-2)29-20(30)28-14-6-8-15(9-7-14)32-19-12-18(26-13-27-19)25-10-11-31-3/h4-9,12-13H,1-2,10-11H2,3H3,(H,25,26,27)(H2,28,29,30)/b17-16-. The van der Waals surface area contributed by atoms with Crippen LogP contribution in [-0.4, -0.2) is 42.4 Å². The number of urea groups is 1. The lowest BCUT2D eigenvalue weighted by molar-refractivity contribution is -0.0889. The van der Waals surface area contributed by atoms with Crippen molar-refractivity contribution in [3.63, 3.8) is 0 Å². The van der Waals surface area contributed by atoms with Gasteiger partial charge in [-0.25, -0.2) is 14.8 Å². The molecule has 1 aromatic carbocycles. The van der Waals surface area contributed by atoms with E-state index >= 15 is 0 Å². The van der Waals surface area contributed by atoms with Crippen LogP contribution in [0, 0.1) is 0 Å². The number of nitrogens with zero attached hydrogens (tertiary/aromatic N) is 2. The highest BCUT2D eigenvalue weighted by Crippen LogP contribution is 2.28. The van der Waals surface area contributed by atoms with Crippen molar-refractivity contribution in [2.24, 2.45) is 0 Å². The van der Waals surface area contributed by atoms with Gasteiger partial charge in [-0.3, -0.25) is 0 Å². The predicted molar refractivity (Wildman–Crippen MR) is 115 cm³/mol. The Labute approximate surface area is 182 Å². The van der Waals surface area contributed by atoms with E-state index in [-0.39, 0.29) is 0 Å². The molecule has 0 aliphatic carbocycles. The molecule has 2 rings (SSSR count). The van der Waals surface area contributed by atoms with Crippen LogP contribution in [0.3, 0.4) is 0 Å². The molecular formula is C21H22F3N5O3. The molecule has 8 nitrogen and oxygen atoms in total. The lowest BCUT2D eigenvalue weighted by Crippen LogP contribution is -2.30. The highest BCUT2D eigenvalue weighted by atomic mass is 19.4. The van der Waals surface area contributed by atoms with Crippen LogP contribution in [0.1, 0.15) is 0 Å². The van der Waals surface area contributed by atoms with Gasteiger partial charge in [-0.05, 0) is 30.3 Å². The van der Waals surface area contributed by atoms with Gasteiger partial charge in [0.2, 0.25) is 5.88 Å². The van der Waals surface area contributed by atoms with E-state index in [0.717, 1.165) is 6.08 Å². The number of ether oxygens (including phenoxy) is 2. The van der Waals surface area contributed by atoms with E-state index in [0.29, 0.717) is 42.4 Å². The summed E-state index contributed by atoms with van der Waals surface area (Å²) >= 11 is 0. The van der Waals surface area contributed by atoms with Crippen LogP contribution < -0.4 is 20.7 Å². The molecule has 3 N–H and O–H groups in total. The molecule has 170 valence electrons. The molecule has 0 spiro atoms. The highest BCUT2D eigenvalue weighted by Gasteiger charge is 2.34.